The minimum Gasteiger partial charge on any atom is -0.0651 e. The first kappa shape index (κ1) is 16.8. The second kappa shape index (κ2) is 7.63. The first-order chi connectivity index (χ1) is 10.6. The Kier molecular flexibility index (Phi) is 5.83. The molecule has 0 heterocycles. The van der Waals surface area contributed by atoms with Crippen LogP contribution in [-0.4, -0.2) is 0 Å². The van der Waals surface area contributed by atoms with E-state index in [1.807, 2.05) is 0 Å². The summed E-state index contributed by atoms with van der Waals surface area (Å²) in [4.78, 5) is 0. The van der Waals surface area contributed by atoms with Gasteiger partial charge in [-0.2, -0.15) is 0 Å². The molecule has 0 aliphatic heterocycles. The third kappa shape index (κ3) is 3.43. The molecule has 0 amide bonds. The predicted molar refractivity (Wildman–Crippen MR) is 97.7 cm³/mol. The van der Waals surface area contributed by atoms with Gasteiger partial charge in [-0.3, -0.25) is 0 Å². The van der Waals surface area contributed by atoms with Crippen LogP contribution in [0.25, 0.3) is 0 Å². The molecule has 0 radical (unpaired) electrons. The summed E-state index contributed by atoms with van der Waals surface area (Å²) < 4.78 is 0. The Morgan fingerprint density at radius 3 is 2.09 bits per heavy atom. The Balaban J connectivity index is 2.61. The van der Waals surface area contributed by atoms with E-state index in [9.17, 15) is 0 Å². The zero-order chi connectivity index (χ0) is 16.1. The van der Waals surface area contributed by atoms with Gasteiger partial charge in [0.1, 0.15) is 0 Å². The van der Waals surface area contributed by atoms with Gasteiger partial charge in [0, 0.05) is 5.92 Å². The molecule has 0 saturated heterocycles. The van der Waals surface area contributed by atoms with Crippen LogP contribution in [0, 0.1) is 12.8 Å². The summed E-state index contributed by atoms with van der Waals surface area (Å²) in [5.74, 6) is 1.10. The van der Waals surface area contributed by atoms with Crippen molar-refractivity contribution in [3.05, 3.63) is 70.3 Å². The van der Waals surface area contributed by atoms with Gasteiger partial charge in [-0.25, -0.2) is 0 Å². The van der Waals surface area contributed by atoms with Gasteiger partial charge in [-0.05, 0) is 53.5 Å². The fourth-order valence-electron chi connectivity index (χ4n) is 3.74. The van der Waals surface area contributed by atoms with Gasteiger partial charge in [-0.1, -0.05) is 76.6 Å². The lowest BCUT2D eigenvalue weighted by Crippen LogP contribution is -2.13. The molecule has 0 aromatic heterocycles. The molecular formula is C22H30. The topological polar surface area (TPSA) is 0 Å². The van der Waals surface area contributed by atoms with Crippen LogP contribution >= 0.6 is 0 Å². The van der Waals surface area contributed by atoms with Gasteiger partial charge in [0.15, 0.2) is 0 Å². The van der Waals surface area contributed by atoms with Gasteiger partial charge >= 0.3 is 0 Å². The lowest BCUT2D eigenvalue weighted by molar-refractivity contribution is 0.558. The average Bonchev–Trinajstić information content (AvgIpc) is 2.51. The van der Waals surface area contributed by atoms with Gasteiger partial charge in [0.2, 0.25) is 0 Å². The summed E-state index contributed by atoms with van der Waals surface area (Å²) in [5, 5.41) is 0. The van der Waals surface area contributed by atoms with Gasteiger partial charge in [0.25, 0.3) is 0 Å². The number of hydrogen-bond acceptors (Lipinski definition) is 0. The van der Waals surface area contributed by atoms with Crippen molar-refractivity contribution in [1.29, 1.82) is 0 Å². The molecule has 1 atom stereocenters. The van der Waals surface area contributed by atoms with E-state index in [1.54, 1.807) is 16.7 Å². The summed E-state index contributed by atoms with van der Waals surface area (Å²) in [6.45, 7) is 11.5. The molecule has 0 N–H and O–H groups in total. The Bertz CT molecular complexity index is 593. The van der Waals surface area contributed by atoms with Crippen LogP contribution in [0.5, 0.6) is 0 Å². The Labute approximate surface area is 136 Å². The van der Waals surface area contributed by atoms with Crippen LogP contribution < -0.4 is 0 Å². The minimum atomic E-state index is 0.494. The molecule has 0 heteroatoms. The highest BCUT2D eigenvalue weighted by molar-refractivity contribution is 5.46. The van der Waals surface area contributed by atoms with E-state index in [2.05, 4.69) is 77.1 Å². The van der Waals surface area contributed by atoms with Crippen molar-refractivity contribution in [2.45, 2.75) is 59.8 Å². The highest BCUT2D eigenvalue weighted by Gasteiger charge is 2.22. The minimum absolute atomic E-state index is 0.494. The lowest BCUT2D eigenvalue weighted by atomic mass is 9.77. The molecule has 118 valence electrons. The van der Waals surface area contributed by atoms with Crippen LogP contribution in [0.3, 0.4) is 0 Å². The molecule has 2 rings (SSSR count). The third-order valence-electron chi connectivity index (χ3n) is 4.72. The number of hydrogen-bond donors (Lipinski definition) is 0. The number of benzene rings is 2. The van der Waals surface area contributed by atoms with Crippen LogP contribution in [0.1, 0.15) is 67.9 Å². The van der Waals surface area contributed by atoms with E-state index in [4.69, 9.17) is 0 Å². The fourth-order valence-corrected chi connectivity index (χ4v) is 3.74. The Hall–Kier alpha value is -1.56. The molecule has 0 aliphatic carbocycles. The molecule has 22 heavy (non-hydrogen) atoms. The molecule has 0 nitrogen and oxygen atoms in total. The van der Waals surface area contributed by atoms with E-state index in [0.29, 0.717) is 11.8 Å². The second-order valence-electron chi connectivity index (χ2n) is 6.66. The maximum atomic E-state index is 2.39. The average molecular weight is 294 g/mol. The van der Waals surface area contributed by atoms with Crippen molar-refractivity contribution < 1.29 is 0 Å². The fraction of sp³-hybridized carbons (Fsp3) is 0.455. The summed E-state index contributed by atoms with van der Waals surface area (Å²) in [6.07, 6.45) is 3.54. The molecule has 2 aromatic carbocycles. The smallest absolute Gasteiger partial charge is 0.0115 e. The van der Waals surface area contributed by atoms with Gasteiger partial charge in [-0.15, -0.1) is 0 Å². The Morgan fingerprint density at radius 1 is 0.864 bits per heavy atom. The zero-order valence-corrected chi connectivity index (χ0v) is 14.8. The molecule has 2 aromatic rings. The van der Waals surface area contributed by atoms with E-state index in [1.165, 1.54) is 24.0 Å². The van der Waals surface area contributed by atoms with E-state index >= 15 is 0 Å². The highest BCUT2D eigenvalue weighted by Crippen LogP contribution is 2.36. The van der Waals surface area contributed by atoms with Crippen LogP contribution in [-0.2, 0) is 12.8 Å². The van der Waals surface area contributed by atoms with E-state index < -0.39 is 0 Å². The quantitative estimate of drug-likeness (QED) is 0.586. The van der Waals surface area contributed by atoms with Gasteiger partial charge < -0.3 is 0 Å². The molecule has 0 aliphatic rings. The van der Waals surface area contributed by atoms with Crippen molar-refractivity contribution in [3.63, 3.8) is 0 Å². The maximum Gasteiger partial charge on any atom is 0.0115 e. The Morgan fingerprint density at radius 2 is 1.55 bits per heavy atom. The standard InChI is InChI=1S/C22H30/c1-6-11-20-19(7-2)17(5)14-15-21(20)22(16(3)4)18-12-9-8-10-13-18/h8-10,12-16,22H,6-7,11H2,1-5H3. The van der Waals surface area contributed by atoms with Crippen molar-refractivity contribution >= 4 is 0 Å². The lowest BCUT2D eigenvalue weighted by Gasteiger charge is -2.27. The molecule has 0 spiro atoms. The molecular weight excluding hydrogens is 264 g/mol. The monoisotopic (exact) mass is 294 g/mol. The molecule has 1 unspecified atom stereocenters. The van der Waals surface area contributed by atoms with Crippen molar-refractivity contribution in [3.8, 4) is 0 Å². The highest BCUT2D eigenvalue weighted by atomic mass is 14.3. The molecule has 0 saturated carbocycles. The largest absolute Gasteiger partial charge is 0.0651 e. The van der Waals surface area contributed by atoms with Crippen molar-refractivity contribution in [1.82, 2.24) is 0 Å². The van der Waals surface area contributed by atoms with Crippen LogP contribution in [0.4, 0.5) is 0 Å². The molecule has 0 bridgehead atoms. The summed E-state index contributed by atoms with van der Waals surface area (Å²) in [6, 6.07) is 15.7. The summed E-state index contributed by atoms with van der Waals surface area (Å²) >= 11 is 0. The van der Waals surface area contributed by atoms with Crippen molar-refractivity contribution in [2.75, 3.05) is 0 Å². The predicted octanol–water partition coefficient (Wildman–Crippen LogP) is 6.30. The summed E-state index contributed by atoms with van der Waals surface area (Å²) in [7, 11) is 0. The summed E-state index contributed by atoms with van der Waals surface area (Å²) in [5.41, 5.74) is 7.62. The number of aryl methyl sites for hydroxylation is 1. The first-order valence-corrected chi connectivity index (χ1v) is 8.76. The normalized spacial score (nSPS) is 12.6. The third-order valence-corrected chi connectivity index (χ3v) is 4.72. The second-order valence-corrected chi connectivity index (χ2v) is 6.66. The van der Waals surface area contributed by atoms with E-state index in [0.717, 1.165) is 6.42 Å². The zero-order valence-electron chi connectivity index (χ0n) is 14.8. The van der Waals surface area contributed by atoms with Crippen LogP contribution in [0.2, 0.25) is 0 Å². The first-order valence-electron chi connectivity index (χ1n) is 8.76. The SMILES string of the molecule is CCCc1c(C(c2ccccc2)C(C)C)ccc(C)c1CC. The van der Waals surface area contributed by atoms with Crippen molar-refractivity contribution in [2.24, 2.45) is 5.92 Å². The van der Waals surface area contributed by atoms with Crippen LogP contribution in [0.15, 0.2) is 42.5 Å². The van der Waals surface area contributed by atoms with Gasteiger partial charge in [0.05, 0.1) is 0 Å². The maximum absolute atomic E-state index is 2.39. The molecule has 0 fully saturated rings. The van der Waals surface area contributed by atoms with E-state index in [-0.39, 0.29) is 0 Å². The number of rotatable bonds is 6.